The van der Waals surface area contributed by atoms with E-state index < -0.39 is 5.82 Å². The highest BCUT2D eigenvalue weighted by atomic mass is 19.1. The summed E-state index contributed by atoms with van der Waals surface area (Å²) in [6, 6.07) is 6.61. The number of ether oxygens (including phenoxy) is 2. The summed E-state index contributed by atoms with van der Waals surface area (Å²) in [5.74, 6) is 2.13. The van der Waals surface area contributed by atoms with Crippen molar-refractivity contribution in [1.82, 2.24) is 15.0 Å². The van der Waals surface area contributed by atoms with Crippen molar-refractivity contribution in [1.29, 1.82) is 0 Å². The van der Waals surface area contributed by atoms with E-state index in [2.05, 4.69) is 16.8 Å². The number of hydrogen-bond acceptors (Lipinski definition) is 8. The third-order valence-electron chi connectivity index (χ3n) is 5.80. The van der Waals surface area contributed by atoms with Crippen LogP contribution in [0.15, 0.2) is 24.3 Å². The quantitative estimate of drug-likeness (QED) is 0.576. The average molecular weight is 455 g/mol. The van der Waals surface area contributed by atoms with Crippen LogP contribution >= 0.6 is 0 Å². The Morgan fingerprint density at radius 2 is 1.91 bits per heavy atom. The smallest absolute Gasteiger partial charge is 0.172 e. The summed E-state index contributed by atoms with van der Waals surface area (Å²) in [7, 11) is 5.42. The molecule has 33 heavy (non-hydrogen) atoms. The molecule has 0 amide bonds. The van der Waals surface area contributed by atoms with E-state index in [4.69, 9.17) is 25.2 Å². The van der Waals surface area contributed by atoms with Gasteiger partial charge in [-0.15, -0.1) is 0 Å². The first-order valence-electron chi connectivity index (χ1n) is 11.3. The SMILES string of the molecule is CCCc1cc2nc(N)c(N3CCC(Oc4ccc(OC)cc4F)CC3)nc2c(N(C)C)n1. The zero-order chi connectivity index (χ0) is 23.5. The normalized spacial score (nSPS) is 14.5. The van der Waals surface area contributed by atoms with Crippen molar-refractivity contribution in [3.8, 4) is 11.5 Å². The molecule has 3 aromatic rings. The predicted octanol–water partition coefficient (Wildman–Crippen LogP) is 3.82. The maximum Gasteiger partial charge on any atom is 0.172 e. The van der Waals surface area contributed by atoms with Gasteiger partial charge in [0, 0.05) is 51.8 Å². The van der Waals surface area contributed by atoms with E-state index in [0.29, 0.717) is 30.5 Å². The molecule has 2 N–H and O–H groups in total. The molecule has 4 rings (SSSR count). The Bertz CT molecular complexity index is 1130. The van der Waals surface area contributed by atoms with Gasteiger partial charge >= 0.3 is 0 Å². The third kappa shape index (κ3) is 4.86. The minimum Gasteiger partial charge on any atom is -0.497 e. The van der Waals surface area contributed by atoms with Crippen LogP contribution in [0.2, 0.25) is 0 Å². The first-order valence-corrected chi connectivity index (χ1v) is 11.3. The number of pyridine rings is 1. The van der Waals surface area contributed by atoms with Crippen molar-refractivity contribution in [3.63, 3.8) is 0 Å². The average Bonchev–Trinajstić information content (AvgIpc) is 2.80. The molecule has 1 fully saturated rings. The molecule has 176 valence electrons. The highest BCUT2D eigenvalue weighted by Gasteiger charge is 2.25. The lowest BCUT2D eigenvalue weighted by Gasteiger charge is -2.33. The number of methoxy groups -OCH3 is 1. The number of aryl methyl sites for hydroxylation is 1. The van der Waals surface area contributed by atoms with Crippen LogP contribution in [0.5, 0.6) is 11.5 Å². The topological polar surface area (TPSA) is 89.6 Å². The molecule has 1 aliphatic rings. The largest absolute Gasteiger partial charge is 0.497 e. The molecule has 0 saturated carbocycles. The highest BCUT2D eigenvalue weighted by Crippen LogP contribution is 2.31. The molecule has 2 aromatic heterocycles. The number of nitrogens with zero attached hydrogens (tertiary/aromatic N) is 5. The molecule has 1 aromatic carbocycles. The lowest BCUT2D eigenvalue weighted by atomic mass is 10.1. The molecular formula is C24H31FN6O2. The Morgan fingerprint density at radius 3 is 2.55 bits per heavy atom. The van der Waals surface area contributed by atoms with Crippen LogP contribution in [-0.2, 0) is 6.42 Å². The number of nitrogen functional groups attached to an aromatic ring is 1. The van der Waals surface area contributed by atoms with Crippen LogP contribution < -0.4 is 25.0 Å². The zero-order valence-electron chi connectivity index (χ0n) is 19.6. The molecule has 8 nitrogen and oxygen atoms in total. The van der Waals surface area contributed by atoms with Crippen LogP contribution in [0.25, 0.3) is 11.0 Å². The fourth-order valence-corrected chi connectivity index (χ4v) is 4.10. The first-order chi connectivity index (χ1) is 15.9. The molecule has 0 bridgehead atoms. The van der Waals surface area contributed by atoms with Gasteiger partial charge in [-0.3, -0.25) is 0 Å². The molecule has 3 heterocycles. The number of rotatable bonds is 7. The van der Waals surface area contributed by atoms with Gasteiger partial charge in [-0.05, 0) is 24.6 Å². The van der Waals surface area contributed by atoms with Crippen molar-refractivity contribution in [2.24, 2.45) is 0 Å². The van der Waals surface area contributed by atoms with E-state index >= 15 is 0 Å². The summed E-state index contributed by atoms with van der Waals surface area (Å²) in [5, 5.41) is 0. The second-order valence-electron chi connectivity index (χ2n) is 8.48. The van der Waals surface area contributed by atoms with Crippen LogP contribution in [0.1, 0.15) is 31.9 Å². The molecule has 1 saturated heterocycles. The second-order valence-corrected chi connectivity index (χ2v) is 8.48. The molecule has 9 heteroatoms. The second kappa shape index (κ2) is 9.64. The molecule has 0 unspecified atom stereocenters. The fraction of sp³-hybridized carbons (Fsp3) is 0.458. The van der Waals surface area contributed by atoms with Gasteiger partial charge in [0.1, 0.15) is 17.4 Å². The Hall–Kier alpha value is -3.36. The van der Waals surface area contributed by atoms with Gasteiger partial charge in [0.05, 0.1) is 12.6 Å². The standard InChI is InChI=1S/C24H31FN6O2/c1-5-6-15-13-19-21(23(27-15)30(2)3)29-24(22(26)28-19)31-11-9-16(10-12-31)33-20-8-7-17(32-4)14-18(20)25/h7-8,13-14,16H,5-6,9-12H2,1-4H3,(H2,26,28). The van der Waals surface area contributed by atoms with Gasteiger partial charge in [0.2, 0.25) is 0 Å². The number of fused-ring (bicyclic) bond motifs is 1. The van der Waals surface area contributed by atoms with Gasteiger partial charge in [-0.1, -0.05) is 13.3 Å². The van der Waals surface area contributed by atoms with E-state index in [1.165, 1.54) is 13.2 Å². The lowest BCUT2D eigenvalue weighted by molar-refractivity contribution is 0.163. The monoisotopic (exact) mass is 454 g/mol. The van der Waals surface area contributed by atoms with E-state index in [0.717, 1.165) is 48.2 Å². The van der Waals surface area contributed by atoms with E-state index in [1.807, 2.05) is 25.1 Å². The number of anilines is 3. The molecule has 0 atom stereocenters. The van der Waals surface area contributed by atoms with Crippen molar-refractivity contribution in [2.75, 3.05) is 49.8 Å². The Morgan fingerprint density at radius 1 is 1.15 bits per heavy atom. The number of halogens is 1. The van der Waals surface area contributed by atoms with Crippen molar-refractivity contribution in [3.05, 3.63) is 35.8 Å². The Balaban J connectivity index is 1.52. The molecule has 0 spiro atoms. The first kappa shape index (κ1) is 22.8. The highest BCUT2D eigenvalue weighted by molar-refractivity contribution is 5.89. The molecular weight excluding hydrogens is 423 g/mol. The molecule has 0 aliphatic carbocycles. The van der Waals surface area contributed by atoms with E-state index in [9.17, 15) is 4.39 Å². The number of hydrogen-bond donors (Lipinski definition) is 1. The molecule has 0 radical (unpaired) electrons. The van der Waals surface area contributed by atoms with Crippen LogP contribution in [-0.4, -0.2) is 55.4 Å². The van der Waals surface area contributed by atoms with Gasteiger partial charge in [0.15, 0.2) is 29.0 Å². The maximum atomic E-state index is 14.3. The van der Waals surface area contributed by atoms with Crippen molar-refractivity contribution < 1.29 is 13.9 Å². The van der Waals surface area contributed by atoms with Crippen molar-refractivity contribution in [2.45, 2.75) is 38.7 Å². The van der Waals surface area contributed by atoms with Gasteiger partial charge in [-0.2, -0.15) is 0 Å². The summed E-state index contributed by atoms with van der Waals surface area (Å²) in [6.07, 6.45) is 3.23. The predicted molar refractivity (Wildman–Crippen MR) is 129 cm³/mol. The summed E-state index contributed by atoms with van der Waals surface area (Å²) in [6.45, 7) is 3.50. The minimum absolute atomic E-state index is 0.0885. The maximum absolute atomic E-state index is 14.3. The number of aromatic nitrogens is 3. The van der Waals surface area contributed by atoms with Crippen LogP contribution in [0.4, 0.5) is 21.8 Å². The number of piperidine rings is 1. The summed E-state index contributed by atoms with van der Waals surface area (Å²) >= 11 is 0. The van der Waals surface area contributed by atoms with Crippen LogP contribution in [0, 0.1) is 5.82 Å². The lowest BCUT2D eigenvalue weighted by Crippen LogP contribution is -2.39. The zero-order valence-corrected chi connectivity index (χ0v) is 19.6. The van der Waals surface area contributed by atoms with Gasteiger partial charge in [-0.25, -0.2) is 19.3 Å². The Kier molecular flexibility index (Phi) is 6.67. The number of benzene rings is 1. The number of nitrogens with two attached hydrogens (primary N) is 1. The van der Waals surface area contributed by atoms with Crippen molar-refractivity contribution >= 4 is 28.5 Å². The summed E-state index contributed by atoms with van der Waals surface area (Å²) in [4.78, 5) is 18.4. The Labute approximate surface area is 193 Å². The molecule has 1 aliphatic heterocycles. The van der Waals surface area contributed by atoms with Crippen LogP contribution in [0.3, 0.4) is 0 Å². The minimum atomic E-state index is -0.424. The van der Waals surface area contributed by atoms with Gasteiger partial charge in [0.25, 0.3) is 0 Å². The van der Waals surface area contributed by atoms with E-state index in [1.54, 1.807) is 12.1 Å². The van der Waals surface area contributed by atoms with Gasteiger partial charge < -0.3 is 25.0 Å². The van der Waals surface area contributed by atoms with E-state index in [-0.39, 0.29) is 11.9 Å². The summed E-state index contributed by atoms with van der Waals surface area (Å²) < 4.78 is 25.2. The third-order valence-corrected chi connectivity index (χ3v) is 5.80. The summed E-state index contributed by atoms with van der Waals surface area (Å²) in [5.41, 5.74) is 8.81. The fourth-order valence-electron chi connectivity index (χ4n) is 4.10.